The van der Waals surface area contributed by atoms with Crippen molar-refractivity contribution in [1.29, 1.82) is 0 Å². The van der Waals surface area contributed by atoms with Crippen molar-refractivity contribution in [3.63, 3.8) is 0 Å². The number of aliphatic hydroxyl groups is 1. The number of β-amino-alcohol motifs (C(OH)–C–C–N with tert-alkyl or cyclic N) is 1. The Bertz CT molecular complexity index is 762. The zero-order valence-electron chi connectivity index (χ0n) is 15.6. The highest BCUT2D eigenvalue weighted by Crippen LogP contribution is 2.25. The molecule has 3 rings (SSSR count). The van der Waals surface area contributed by atoms with Crippen LogP contribution in [0.4, 0.5) is 5.95 Å². The van der Waals surface area contributed by atoms with Crippen LogP contribution in [0, 0.1) is 6.92 Å². The lowest BCUT2D eigenvalue weighted by Gasteiger charge is -2.29. The average Bonchev–Trinajstić information content (AvgIpc) is 3.17. The zero-order chi connectivity index (χ0) is 18.7. The quantitative estimate of drug-likeness (QED) is 0.811. The minimum atomic E-state index is -0.937. The van der Waals surface area contributed by atoms with Gasteiger partial charge in [-0.2, -0.15) is 5.10 Å². The molecule has 26 heavy (non-hydrogen) atoms. The summed E-state index contributed by atoms with van der Waals surface area (Å²) in [5.74, 6) is 0.639. The minimum Gasteiger partial charge on any atom is -0.386 e. The number of anilines is 1. The summed E-state index contributed by atoms with van der Waals surface area (Å²) in [6.45, 7) is 3.41. The van der Waals surface area contributed by atoms with E-state index in [-0.39, 0.29) is 5.91 Å². The first-order valence-corrected chi connectivity index (χ1v) is 8.84. The Labute approximate surface area is 153 Å². The monoisotopic (exact) mass is 358 g/mol. The highest BCUT2D eigenvalue weighted by molar-refractivity contribution is 5.76. The van der Waals surface area contributed by atoms with Crippen molar-refractivity contribution in [2.45, 2.75) is 31.8 Å². The van der Waals surface area contributed by atoms with Crippen LogP contribution in [0.25, 0.3) is 0 Å². The number of aromatic nitrogens is 4. The Kier molecular flexibility index (Phi) is 5.22. The molecule has 0 saturated carbocycles. The number of hydrogen-bond acceptors (Lipinski definition) is 6. The molecule has 1 saturated heterocycles. The van der Waals surface area contributed by atoms with Crippen LogP contribution in [-0.2, 0) is 18.3 Å². The predicted molar refractivity (Wildman–Crippen MR) is 97.7 cm³/mol. The van der Waals surface area contributed by atoms with Gasteiger partial charge >= 0.3 is 0 Å². The Morgan fingerprint density at radius 2 is 2.12 bits per heavy atom. The van der Waals surface area contributed by atoms with Crippen molar-refractivity contribution in [2.75, 3.05) is 31.6 Å². The van der Waals surface area contributed by atoms with Gasteiger partial charge in [-0.05, 0) is 31.4 Å². The molecule has 1 aliphatic rings. The standard InChI is InChI=1S/C18H26N6O2/c1-14-15(11-21-23(14)3)5-6-16(25)22(2)12-18(26)7-10-24(13-18)17-19-8-4-9-20-17/h4,8-9,11,26H,5-7,10,12-13H2,1-3H3. The minimum absolute atomic E-state index is 0.0242. The van der Waals surface area contributed by atoms with Crippen molar-refractivity contribution >= 4 is 11.9 Å². The average molecular weight is 358 g/mol. The first-order valence-electron chi connectivity index (χ1n) is 8.84. The van der Waals surface area contributed by atoms with E-state index in [1.807, 2.05) is 29.7 Å². The number of aryl methyl sites for hydroxylation is 2. The number of nitrogens with zero attached hydrogens (tertiary/aromatic N) is 6. The Balaban J connectivity index is 1.53. The van der Waals surface area contributed by atoms with Crippen LogP contribution in [0.2, 0.25) is 0 Å². The van der Waals surface area contributed by atoms with Crippen LogP contribution >= 0.6 is 0 Å². The van der Waals surface area contributed by atoms with Gasteiger partial charge in [0.2, 0.25) is 11.9 Å². The number of carbonyl (C=O) groups excluding carboxylic acids is 1. The topological polar surface area (TPSA) is 87.4 Å². The molecule has 1 atom stereocenters. The summed E-state index contributed by atoms with van der Waals surface area (Å²) in [4.78, 5) is 24.5. The second-order valence-electron chi connectivity index (χ2n) is 7.07. The molecular formula is C18H26N6O2. The molecule has 1 aliphatic heterocycles. The van der Waals surface area contributed by atoms with Crippen molar-refractivity contribution in [3.05, 3.63) is 35.9 Å². The molecule has 1 N–H and O–H groups in total. The summed E-state index contributed by atoms with van der Waals surface area (Å²) in [6, 6.07) is 1.77. The van der Waals surface area contributed by atoms with E-state index >= 15 is 0 Å². The third kappa shape index (κ3) is 4.01. The Morgan fingerprint density at radius 1 is 1.38 bits per heavy atom. The Morgan fingerprint density at radius 3 is 2.77 bits per heavy atom. The molecule has 140 valence electrons. The van der Waals surface area contributed by atoms with Gasteiger partial charge in [-0.25, -0.2) is 9.97 Å². The fourth-order valence-electron chi connectivity index (χ4n) is 3.36. The van der Waals surface area contributed by atoms with Crippen molar-refractivity contribution in [1.82, 2.24) is 24.6 Å². The van der Waals surface area contributed by atoms with Gasteiger partial charge in [0, 0.05) is 45.1 Å². The SMILES string of the molecule is Cc1c(CCC(=O)N(C)CC2(O)CCN(c3ncccn3)C2)cnn1C. The smallest absolute Gasteiger partial charge is 0.225 e. The van der Waals surface area contributed by atoms with Gasteiger partial charge in [0.25, 0.3) is 0 Å². The molecule has 1 amide bonds. The predicted octanol–water partition coefficient (Wildman–Crippen LogP) is 0.551. The van der Waals surface area contributed by atoms with Gasteiger partial charge in [-0.15, -0.1) is 0 Å². The van der Waals surface area contributed by atoms with Crippen LogP contribution in [0.5, 0.6) is 0 Å². The fraction of sp³-hybridized carbons (Fsp3) is 0.556. The molecule has 2 aromatic rings. The molecule has 0 aliphatic carbocycles. The highest BCUT2D eigenvalue weighted by Gasteiger charge is 2.38. The summed E-state index contributed by atoms with van der Waals surface area (Å²) in [6.07, 6.45) is 6.84. The van der Waals surface area contributed by atoms with Crippen molar-refractivity contribution < 1.29 is 9.90 Å². The van der Waals surface area contributed by atoms with Crippen LogP contribution in [0.15, 0.2) is 24.7 Å². The first-order chi connectivity index (χ1) is 12.4. The first kappa shape index (κ1) is 18.3. The maximum Gasteiger partial charge on any atom is 0.225 e. The highest BCUT2D eigenvalue weighted by atomic mass is 16.3. The van der Waals surface area contributed by atoms with E-state index in [0.717, 1.165) is 11.3 Å². The molecule has 3 heterocycles. The van der Waals surface area contributed by atoms with Crippen molar-refractivity contribution in [3.8, 4) is 0 Å². The van der Waals surface area contributed by atoms with E-state index in [0.29, 0.717) is 44.8 Å². The third-order valence-electron chi connectivity index (χ3n) is 5.07. The van der Waals surface area contributed by atoms with Gasteiger partial charge in [0.05, 0.1) is 19.3 Å². The van der Waals surface area contributed by atoms with Crippen LogP contribution in [0.3, 0.4) is 0 Å². The molecular weight excluding hydrogens is 332 g/mol. The van der Waals surface area contributed by atoms with Crippen LogP contribution < -0.4 is 4.90 Å². The van der Waals surface area contributed by atoms with E-state index in [4.69, 9.17) is 0 Å². The molecule has 0 spiro atoms. The summed E-state index contributed by atoms with van der Waals surface area (Å²) >= 11 is 0. The molecule has 2 aromatic heterocycles. The van der Waals surface area contributed by atoms with Gasteiger partial charge in [-0.3, -0.25) is 9.48 Å². The summed E-state index contributed by atoms with van der Waals surface area (Å²) in [5, 5.41) is 15.1. The molecule has 1 fully saturated rings. The zero-order valence-corrected chi connectivity index (χ0v) is 15.6. The maximum atomic E-state index is 12.5. The lowest BCUT2D eigenvalue weighted by Crippen LogP contribution is -2.46. The van der Waals surface area contributed by atoms with Crippen molar-refractivity contribution in [2.24, 2.45) is 7.05 Å². The molecule has 8 nitrogen and oxygen atoms in total. The van der Waals surface area contributed by atoms with E-state index in [1.165, 1.54) is 0 Å². The van der Waals surface area contributed by atoms with Gasteiger partial charge in [-0.1, -0.05) is 0 Å². The summed E-state index contributed by atoms with van der Waals surface area (Å²) < 4.78 is 1.81. The lowest BCUT2D eigenvalue weighted by molar-refractivity contribution is -0.132. The number of carbonyl (C=O) groups is 1. The number of hydrogen-bond donors (Lipinski definition) is 1. The summed E-state index contributed by atoms with van der Waals surface area (Å²) in [5.41, 5.74) is 1.22. The van der Waals surface area contributed by atoms with Gasteiger partial charge in [0.1, 0.15) is 5.60 Å². The maximum absolute atomic E-state index is 12.5. The fourth-order valence-corrected chi connectivity index (χ4v) is 3.36. The number of rotatable bonds is 6. The molecule has 0 radical (unpaired) electrons. The Hall–Kier alpha value is -2.48. The van der Waals surface area contributed by atoms with E-state index < -0.39 is 5.60 Å². The second kappa shape index (κ2) is 7.41. The summed E-state index contributed by atoms with van der Waals surface area (Å²) in [7, 11) is 3.64. The second-order valence-corrected chi connectivity index (χ2v) is 7.07. The largest absolute Gasteiger partial charge is 0.386 e. The molecule has 0 bridgehead atoms. The molecule has 8 heteroatoms. The third-order valence-corrected chi connectivity index (χ3v) is 5.07. The lowest BCUT2D eigenvalue weighted by atomic mass is 10.0. The van der Waals surface area contributed by atoms with E-state index in [9.17, 15) is 9.90 Å². The van der Waals surface area contributed by atoms with E-state index in [1.54, 1.807) is 30.4 Å². The van der Waals surface area contributed by atoms with Gasteiger partial charge in [0.15, 0.2) is 0 Å². The molecule has 1 unspecified atom stereocenters. The number of likely N-dealkylation sites (N-methyl/N-ethyl adjacent to an activating group) is 1. The van der Waals surface area contributed by atoms with E-state index in [2.05, 4.69) is 15.1 Å². The molecule has 0 aromatic carbocycles. The normalized spacial score (nSPS) is 19.8. The number of amides is 1. The van der Waals surface area contributed by atoms with Crippen LogP contribution in [0.1, 0.15) is 24.1 Å². The van der Waals surface area contributed by atoms with Crippen LogP contribution in [-0.4, -0.2) is 67.9 Å². The van der Waals surface area contributed by atoms with Gasteiger partial charge < -0.3 is 14.9 Å².